The first-order valence-electron chi connectivity index (χ1n) is 5.48. The van der Waals surface area contributed by atoms with Gasteiger partial charge in [0.2, 0.25) is 5.91 Å². The number of anilines is 1. The Bertz CT molecular complexity index is 546. The van der Waals surface area contributed by atoms with E-state index in [1.54, 1.807) is 24.5 Å². The number of nitrogens with one attached hydrogen (secondary N) is 1. The Balaban J connectivity index is 0.00000162. The lowest BCUT2D eigenvalue weighted by Crippen LogP contribution is -2.34. The molecular weight excluding hydrogens is 252 g/mol. The standard InChI is InChI=1S/C12H14N4O.ClH/c1-2-9(13)12(17)16-8-3-4-10-11(7-8)15-6-5-14-10;/h3-7,9H,2,13H2,1H3,(H,16,17);1H/t9-;/m0./s1. The van der Waals surface area contributed by atoms with Gasteiger partial charge in [-0.05, 0) is 24.6 Å². The van der Waals surface area contributed by atoms with Crippen LogP contribution in [0, 0.1) is 0 Å². The molecule has 0 fully saturated rings. The smallest absolute Gasteiger partial charge is 0.241 e. The summed E-state index contributed by atoms with van der Waals surface area (Å²) in [6, 6.07) is 4.91. The molecule has 6 heteroatoms. The molecule has 0 radical (unpaired) electrons. The summed E-state index contributed by atoms with van der Waals surface area (Å²) in [6.07, 6.45) is 3.86. The second kappa shape index (κ2) is 6.28. The Hall–Kier alpha value is -1.72. The Labute approximate surface area is 111 Å². The van der Waals surface area contributed by atoms with E-state index in [0.29, 0.717) is 12.1 Å². The van der Waals surface area contributed by atoms with Gasteiger partial charge in [0.15, 0.2) is 0 Å². The molecule has 0 aliphatic carbocycles. The molecule has 1 aromatic carbocycles. The number of aromatic nitrogens is 2. The van der Waals surface area contributed by atoms with E-state index in [4.69, 9.17) is 5.73 Å². The largest absolute Gasteiger partial charge is 0.325 e. The van der Waals surface area contributed by atoms with E-state index >= 15 is 0 Å². The highest BCUT2D eigenvalue weighted by molar-refractivity contribution is 5.96. The van der Waals surface area contributed by atoms with E-state index in [-0.39, 0.29) is 18.3 Å². The maximum Gasteiger partial charge on any atom is 0.241 e. The van der Waals surface area contributed by atoms with Gasteiger partial charge < -0.3 is 11.1 Å². The van der Waals surface area contributed by atoms with Gasteiger partial charge in [0.1, 0.15) is 0 Å². The third-order valence-corrected chi connectivity index (χ3v) is 2.51. The molecule has 5 nitrogen and oxygen atoms in total. The molecule has 0 aliphatic heterocycles. The quantitative estimate of drug-likeness (QED) is 0.886. The van der Waals surface area contributed by atoms with E-state index < -0.39 is 6.04 Å². The van der Waals surface area contributed by atoms with Crippen LogP contribution in [0.2, 0.25) is 0 Å². The van der Waals surface area contributed by atoms with Crippen molar-refractivity contribution in [3.8, 4) is 0 Å². The monoisotopic (exact) mass is 266 g/mol. The van der Waals surface area contributed by atoms with Gasteiger partial charge in [-0.1, -0.05) is 6.92 Å². The molecular formula is C12H15ClN4O. The number of rotatable bonds is 3. The molecule has 1 heterocycles. The summed E-state index contributed by atoms with van der Waals surface area (Å²) < 4.78 is 0. The van der Waals surface area contributed by atoms with Crippen LogP contribution < -0.4 is 11.1 Å². The number of fused-ring (bicyclic) bond motifs is 1. The van der Waals surface area contributed by atoms with Gasteiger partial charge in [0.05, 0.1) is 17.1 Å². The fourth-order valence-corrected chi connectivity index (χ4v) is 1.46. The highest BCUT2D eigenvalue weighted by Crippen LogP contribution is 2.15. The summed E-state index contributed by atoms with van der Waals surface area (Å²) in [5, 5.41) is 2.75. The van der Waals surface area contributed by atoms with Crippen molar-refractivity contribution in [1.29, 1.82) is 0 Å². The van der Waals surface area contributed by atoms with Crippen molar-refractivity contribution in [2.24, 2.45) is 5.73 Å². The minimum Gasteiger partial charge on any atom is -0.325 e. The second-order valence-corrected chi connectivity index (χ2v) is 3.76. The van der Waals surface area contributed by atoms with Crippen molar-refractivity contribution in [1.82, 2.24) is 9.97 Å². The fourth-order valence-electron chi connectivity index (χ4n) is 1.46. The molecule has 18 heavy (non-hydrogen) atoms. The van der Waals surface area contributed by atoms with Crippen LogP contribution in [0.4, 0.5) is 5.69 Å². The molecule has 0 aliphatic rings. The summed E-state index contributed by atoms with van der Waals surface area (Å²) in [5.74, 6) is -0.184. The van der Waals surface area contributed by atoms with Gasteiger partial charge in [0.25, 0.3) is 0 Å². The number of hydrogen-bond acceptors (Lipinski definition) is 4. The molecule has 0 saturated heterocycles. The van der Waals surface area contributed by atoms with Crippen molar-refractivity contribution in [2.45, 2.75) is 19.4 Å². The Morgan fingerprint density at radius 1 is 1.33 bits per heavy atom. The minimum atomic E-state index is -0.479. The van der Waals surface area contributed by atoms with E-state index in [9.17, 15) is 4.79 Å². The molecule has 1 atom stereocenters. The molecule has 1 amide bonds. The first-order valence-corrected chi connectivity index (χ1v) is 5.48. The number of nitrogens with two attached hydrogens (primary N) is 1. The van der Waals surface area contributed by atoms with Gasteiger partial charge in [0, 0.05) is 18.1 Å². The van der Waals surface area contributed by atoms with Crippen molar-refractivity contribution in [2.75, 3.05) is 5.32 Å². The Kier molecular flexibility index (Phi) is 5.00. The van der Waals surface area contributed by atoms with Gasteiger partial charge in [-0.3, -0.25) is 14.8 Å². The predicted octanol–water partition coefficient (Wildman–Crippen LogP) is 1.73. The molecule has 2 rings (SSSR count). The van der Waals surface area contributed by atoms with Crippen LogP contribution in [0.1, 0.15) is 13.3 Å². The average Bonchev–Trinajstić information content (AvgIpc) is 2.37. The molecule has 96 valence electrons. The van der Waals surface area contributed by atoms with E-state index in [1.807, 2.05) is 13.0 Å². The Morgan fingerprint density at radius 2 is 2.00 bits per heavy atom. The van der Waals surface area contributed by atoms with Crippen LogP contribution in [0.5, 0.6) is 0 Å². The second-order valence-electron chi connectivity index (χ2n) is 3.76. The summed E-state index contributed by atoms with van der Waals surface area (Å²) in [6.45, 7) is 1.87. The van der Waals surface area contributed by atoms with Gasteiger partial charge in [-0.15, -0.1) is 12.4 Å². The topological polar surface area (TPSA) is 80.9 Å². The lowest BCUT2D eigenvalue weighted by atomic mass is 10.2. The van der Waals surface area contributed by atoms with Gasteiger partial charge in [-0.25, -0.2) is 0 Å². The fraction of sp³-hybridized carbons (Fsp3) is 0.250. The van der Waals surface area contributed by atoms with E-state index in [1.165, 1.54) is 0 Å². The highest BCUT2D eigenvalue weighted by Gasteiger charge is 2.11. The summed E-state index contributed by atoms with van der Waals surface area (Å²) >= 11 is 0. The SMILES string of the molecule is CC[C@H](N)C(=O)Nc1ccc2nccnc2c1.Cl. The zero-order valence-electron chi connectivity index (χ0n) is 9.96. The molecule has 2 aromatic rings. The van der Waals surface area contributed by atoms with Crippen LogP contribution in [0.25, 0.3) is 11.0 Å². The van der Waals surface area contributed by atoms with E-state index in [2.05, 4.69) is 15.3 Å². The average molecular weight is 267 g/mol. The number of nitrogens with zero attached hydrogens (tertiary/aromatic N) is 2. The van der Waals surface area contributed by atoms with Crippen LogP contribution in [0.15, 0.2) is 30.6 Å². The van der Waals surface area contributed by atoms with Crippen LogP contribution in [0.3, 0.4) is 0 Å². The third-order valence-electron chi connectivity index (χ3n) is 2.51. The number of carbonyl (C=O) groups is 1. The molecule has 3 N–H and O–H groups in total. The maximum absolute atomic E-state index is 11.6. The number of benzene rings is 1. The van der Waals surface area contributed by atoms with Crippen LogP contribution >= 0.6 is 12.4 Å². The zero-order chi connectivity index (χ0) is 12.3. The van der Waals surface area contributed by atoms with Gasteiger partial charge in [-0.2, -0.15) is 0 Å². The molecule has 0 spiro atoms. The van der Waals surface area contributed by atoms with E-state index in [0.717, 1.165) is 11.0 Å². The maximum atomic E-state index is 11.6. The zero-order valence-corrected chi connectivity index (χ0v) is 10.8. The van der Waals surface area contributed by atoms with Crippen molar-refractivity contribution >= 4 is 35.0 Å². The molecule has 1 aromatic heterocycles. The first-order chi connectivity index (χ1) is 8.20. The summed E-state index contributed by atoms with van der Waals surface area (Å²) in [4.78, 5) is 19.9. The van der Waals surface area contributed by atoms with Gasteiger partial charge >= 0.3 is 0 Å². The number of amides is 1. The van der Waals surface area contributed by atoms with Crippen molar-refractivity contribution in [3.63, 3.8) is 0 Å². The van der Waals surface area contributed by atoms with Crippen molar-refractivity contribution < 1.29 is 4.79 Å². The number of halogens is 1. The molecule has 0 unspecified atom stereocenters. The molecule has 0 saturated carbocycles. The summed E-state index contributed by atoms with van der Waals surface area (Å²) in [5.41, 5.74) is 7.87. The van der Waals surface area contributed by atoms with Crippen molar-refractivity contribution in [3.05, 3.63) is 30.6 Å². The lowest BCUT2D eigenvalue weighted by molar-refractivity contribution is -0.117. The molecule has 0 bridgehead atoms. The lowest BCUT2D eigenvalue weighted by Gasteiger charge is -2.10. The highest BCUT2D eigenvalue weighted by atomic mass is 35.5. The normalized spacial score (nSPS) is 11.7. The van der Waals surface area contributed by atoms with Crippen LogP contribution in [-0.4, -0.2) is 21.9 Å². The number of hydrogen-bond donors (Lipinski definition) is 2. The van der Waals surface area contributed by atoms with Crippen LogP contribution in [-0.2, 0) is 4.79 Å². The predicted molar refractivity (Wildman–Crippen MR) is 73.7 cm³/mol. The number of carbonyl (C=O) groups excluding carboxylic acids is 1. The Morgan fingerprint density at radius 3 is 2.67 bits per heavy atom. The minimum absolute atomic E-state index is 0. The third kappa shape index (κ3) is 3.15. The summed E-state index contributed by atoms with van der Waals surface area (Å²) in [7, 11) is 0. The first kappa shape index (κ1) is 14.3.